The highest BCUT2D eigenvalue weighted by atomic mass is 16.6. The fourth-order valence-corrected chi connectivity index (χ4v) is 2.93. The van der Waals surface area contributed by atoms with Gasteiger partial charge in [-0.15, -0.1) is 0 Å². The molecule has 2 unspecified atom stereocenters. The van der Waals surface area contributed by atoms with Gasteiger partial charge in [-0.1, -0.05) is 19.1 Å². The summed E-state index contributed by atoms with van der Waals surface area (Å²) in [5.74, 6) is -2.67. The second-order valence-electron chi connectivity index (χ2n) is 5.36. The maximum atomic E-state index is 11.8. The number of hydrogen-bond donors (Lipinski definition) is 2. The maximum Gasteiger partial charge on any atom is 0.313 e. The molecule has 1 amide bonds. The van der Waals surface area contributed by atoms with Crippen LogP contribution < -0.4 is 5.32 Å². The van der Waals surface area contributed by atoms with Gasteiger partial charge in [-0.05, 0) is 18.9 Å². The van der Waals surface area contributed by atoms with E-state index in [-0.39, 0.29) is 5.69 Å². The number of allylic oxidation sites excluding steroid dienone is 2. The van der Waals surface area contributed by atoms with Crippen molar-refractivity contribution in [2.45, 2.75) is 26.2 Å². The van der Waals surface area contributed by atoms with E-state index in [1.165, 1.54) is 24.3 Å². The van der Waals surface area contributed by atoms with Crippen LogP contribution in [0.4, 0.5) is 5.69 Å². The number of non-ortho nitro benzene ring substituents is 1. The number of aliphatic carboxylic acids is 1. The monoisotopic (exact) mass is 331 g/mol. The minimum atomic E-state index is -1.06. The van der Waals surface area contributed by atoms with Gasteiger partial charge < -0.3 is 10.4 Å². The molecule has 8 heteroatoms. The van der Waals surface area contributed by atoms with Crippen molar-refractivity contribution in [3.8, 4) is 0 Å². The fraction of sp³-hybridized carbons (Fsp3) is 0.312. The first-order chi connectivity index (χ1) is 11.4. The Balaban J connectivity index is 2.59. The quantitative estimate of drug-likeness (QED) is 0.470. The van der Waals surface area contributed by atoms with Gasteiger partial charge in [0.25, 0.3) is 5.69 Å². The lowest BCUT2D eigenvalue weighted by Gasteiger charge is -2.31. The molecule has 0 spiro atoms. The van der Waals surface area contributed by atoms with Crippen LogP contribution in [0.3, 0.4) is 0 Å². The van der Waals surface area contributed by atoms with E-state index in [2.05, 4.69) is 10.3 Å². The summed E-state index contributed by atoms with van der Waals surface area (Å²) in [6, 6.07) is 5.66. The molecule has 1 aromatic carbocycles. The van der Waals surface area contributed by atoms with E-state index in [0.29, 0.717) is 35.5 Å². The van der Waals surface area contributed by atoms with Crippen LogP contribution in [0.1, 0.15) is 31.7 Å². The molecule has 1 aromatic rings. The summed E-state index contributed by atoms with van der Waals surface area (Å²) in [5, 5.41) is 23.0. The van der Waals surface area contributed by atoms with Crippen LogP contribution in [0.25, 0.3) is 0 Å². The van der Waals surface area contributed by atoms with Crippen LogP contribution in [0, 0.1) is 16.0 Å². The SMILES string of the molecule is CCC1=NC(C)=C(NC=O)C(c2ccc([N+](=O)[O-])cc2)C1C(=O)O. The summed E-state index contributed by atoms with van der Waals surface area (Å²) in [4.78, 5) is 37.3. The number of hydrogen-bond acceptors (Lipinski definition) is 5. The summed E-state index contributed by atoms with van der Waals surface area (Å²) in [6.07, 6.45) is 0.925. The minimum absolute atomic E-state index is 0.0867. The number of rotatable bonds is 6. The molecule has 0 saturated heterocycles. The lowest BCUT2D eigenvalue weighted by molar-refractivity contribution is -0.384. The number of nitrogens with one attached hydrogen (secondary N) is 1. The molecular formula is C16H17N3O5. The summed E-state index contributed by atoms with van der Waals surface area (Å²) < 4.78 is 0. The van der Waals surface area contributed by atoms with E-state index in [1.807, 2.05) is 6.92 Å². The van der Waals surface area contributed by atoms with Gasteiger partial charge >= 0.3 is 5.97 Å². The number of carbonyl (C=O) groups is 2. The molecule has 1 heterocycles. The Kier molecular flexibility index (Phi) is 5.08. The number of benzene rings is 1. The molecule has 2 rings (SSSR count). The largest absolute Gasteiger partial charge is 0.481 e. The molecule has 2 atom stereocenters. The number of carboxylic acid groups (broad SMARTS) is 1. The minimum Gasteiger partial charge on any atom is -0.481 e. The summed E-state index contributed by atoms with van der Waals surface area (Å²) in [7, 11) is 0. The number of carboxylic acids is 1. The van der Waals surface area contributed by atoms with Crippen LogP contribution >= 0.6 is 0 Å². The molecule has 0 saturated carbocycles. The van der Waals surface area contributed by atoms with Crippen LogP contribution in [-0.2, 0) is 9.59 Å². The van der Waals surface area contributed by atoms with E-state index in [9.17, 15) is 24.8 Å². The number of carbonyl (C=O) groups excluding carboxylic acids is 1. The Morgan fingerprint density at radius 1 is 1.42 bits per heavy atom. The molecule has 24 heavy (non-hydrogen) atoms. The highest BCUT2D eigenvalue weighted by Crippen LogP contribution is 2.38. The molecule has 8 nitrogen and oxygen atoms in total. The van der Waals surface area contributed by atoms with Crippen molar-refractivity contribution >= 4 is 23.8 Å². The molecule has 0 fully saturated rings. The number of nitro benzene ring substituents is 1. The van der Waals surface area contributed by atoms with Gasteiger partial charge in [-0.2, -0.15) is 0 Å². The third-order valence-electron chi connectivity index (χ3n) is 4.01. The highest BCUT2D eigenvalue weighted by Gasteiger charge is 2.39. The Bertz CT molecular complexity index is 737. The summed E-state index contributed by atoms with van der Waals surface area (Å²) >= 11 is 0. The predicted octanol–water partition coefficient (Wildman–Crippen LogP) is 2.22. The van der Waals surface area contributed by atoms with Crippen molar-refractivity contribution in [3.63, 3.8) is 0 Å². The lowest BCUT2D eigenvalue weighted by atomic mass is 9.77. The first kappa shape index (κ1) is 17.3. The van der Waals surface area contributed by atoms with Gasteiger partial charge in [0.15, 0.2) is 0 Å². The highest BCUT2D eigenvalue weighted by molar-refractivity contribution is 6.04. The molecule has 0 aliphatic carbocycles. The van der Waals surface area contributed by atoms with E-state index in [4.69, 9.17) is 0 Å². The molecule has 1 aliphatic rings. The summed E-state index contributed by atoms with van der Waals surface area (Å²) in [6.45, 7) is 3.51. The Labute approximate surface area is 138 Å². The van der Waals surface area contributed by atoms with E-state index < -0.39 is 22.7 Å². The fourth-order valence-electron chi connectivity index (χ4n) is 2.93. The van der Waals surface area contributed by atoms with Crippen molar-refractivity contribution in [3.05, 3.63) is 51.3 Å². The second kappa shape index (κ2) is 7.03. The van der Waals surface area contributed by atoms with E-state index in [1.54, 1.807) is 6.92 Å². The molecule has 2 N–H and O–H groups in total. The van der Waals surface area contributed by atoms with Crippen LogP contribution in [0.2, 0.25) is 0 Å². The third-order valence-corrected chi connectivity index (χ3v) is 4.01. The van der Waals surface area contributed by atoms with Crippen LogP contribution in [0.5, 0.6) is 0 Å². The van der Waals surface area contributed by atoms with Gasteiger partial charge in [-0.3, -0.25) is 24.7 Å². The van der Waals surface area contributed by atoms with Crippen molar-refractivity contribution in [2.24, 2.45) is 10.9 Å². The van der Waals surface area contributed by atoms with Gasteiger partial charge in [0.2, 0.25) is 6.41 Å². The van der Waals surface area contributed by atoms with Crippen LogP contribution in [0.15, 0.2) is 40.7 Å². The van der Waals surface area contributed by atoms with Gasteiger partial charge in [0, 0.05) is 29.5 Å². The zero-order chi connectivity index (χ0) is 17.9. The first-order valence-electron chi connectivity index (χ1n) is 7.36. The van der Waals surface area contributed by atoms with Crippen molar-refractivity contribution in [1.29, 1.82) is 0 Å². The molecule has 0 aromatic heterocycles. The topological polar surface area (TPSA) is 122 Å². The lowest BCUT2D eigenvalue weighted by Crippen LogP contribution is -2.37. The van der Waals surface area contributed by atoms with Gasteiger partial charge in [0.05, 0.1) is 10.6 Å². The number of amides is 1. The van der Waals surface area contributed by atoms with Crippen molar-refractivity contribution in [1.82, 2.24) is 5.32 Å². The number of nitro groups is 1. The number of aliphatic imine (C=N–C) groups is 1. The zero-order valence-electron chi connectivity index (χ0n) is 13.2. The van der Waals surface area contributed by atoms with E-state index in [0.717, 1.165) is 0 Å². The molecule has 126 valence electrons. The zero-order valence-corrected chi connectivity index (χ0v) is 13.2. The third kappa shape index (κ3) is 3.17. The second-order valence-corrected chi connectivity index (χ2v) is 5.36. The molecular weight excluding hydrogens is 314 g/mol. The van der Waals surface area contributed by atoms with Gasteiger partial charge in [0.1, 0.15) is 5.92 Å². The standard InChI is InChI=1S/C16H17N3O5/c1-3-12-14(16(21)22)13(15(17-8-20)9(2)18-12)10-4-6-11(7-5-10)19(23)24/h4-8,13-14H,3H2,1-2H3,(H,17,20)(H,21,22). The number of nitrogens with zero attached hydrogens (tertiary/aromatic N) is 2. The summed E-state index contributed by atoms with van der Waals surface area (Å²) in [5.41, 5.74) is 1.90. The Morgan fingerprint density at radius 3 is 2.50 bits per heavy atom. The maximum absolute atomic E-state index is 11.8. The molecule has 0 radical (unpaired) electrons. The first-order valence-corrected chi connectivity index (χ1v) is 7.36. The molecule has 1 aliphatic heterocycles. The normalized spacial score (nSPS) is 20.3. The van der Waals surface area contributed by atoms with Gasteiger partial charge in [-0.25, -0.2) is 0 Å². The molecule has 0 bridgehead atoms. The van der Waals surface area contributed by atoms with E-state index >= 15 is 0 Å². The van der Waals surface area contributed by atoms with Crippen LogP contribution in [-0.4, -0.2) is 28.1 Å². The van der Waals surface area contributed by atoms with Crippen molar-refractivity contribution < 1.29 is 19.6 Å². The average molecular weight is 331 g/mol. The smallest absolute Gasteiger partial charge is 0.313 e. The average Bonchev–Trinajstić information content (AvgIpc) is 2.55. The predicted molar refractivity (Wildman–Crippen MR) is 86.6 cm³/mol. The van der Waals surface area contributed by atoms with Crippen molar-refractivity contribution in [2.75, 3.05) is 0 Å². The Morgan fingerprint density at radius 2 is 2.04 bits per heavy atom. The Hall–Kier alpha value is -3.03.